The summed E-state index contributed by atoms with van der Waals surface area (Å²) in [5, 5.41) is 3.37. The molecule has 1 fully saturated rings. The van der Waals surface area contributed by atoms with Gasteiger partial charge in [0.2, 0.25) is 0 Å². The van der Waals surface area contributed by atoms with Gasteiger partial charge in [-0.2, -0.15) is 0 Å². The van der Waals surface area contributed by atoms with Crippen molar-refractivity contribution in [1.82, 2.24) is 10.2 Å². The molecule has 1 aromatic carbocycles. The van der Waals surface area contributed by atoms with Crippen LogP contribution in [0.25, 0.3) is 0 Å². The van der Waals surface area contributed by atoms with E-state index < -0.39 is 0 Å². The number of hydrogen-bond acceptors (Lipinski definition) is 3. The molecule has 0 bridgehead atoms. The smallest absolute Gasteiger partial charge is 0.119 e. The molecule has 0 atom stereocenters. The monoisotopic (exact) mass is 298 g/mol. The summed E-state index contributed by atoms with van der Waals surface area (Å²) < 4.78 is 5.69. The van der Waals surface area contributed by atoms with E-state index in [0.29, 0.717) is 6.04 Å². The predicted molar refractivity (Wildman–Crippen MR) is 86.8 cm³/mol. The SMILES string of the molecule is CCCOc1cccc(CN2CCC(NC)CC2)c1.Cl. The quantitative estimate of drug-likeness (QED) is 0.873. The third kappa shape index (κ3) is 5.31. The number of benzene rings is 1. The Labute approximate surface area is 129 Å². The lowest BCUT2D eigenvalue weighted by Gasteiger charge is -2.31. The molecule has 20 heavy (non-hydrogen) atoms. The van der Waals surface area contributed by atoms with Crippen LogP contribution in [0.2, 0.25) is 0 Å². The number of piperidine rings is 1. The largest absolute Gasteiger partial charge is 0.494 e. The van der Waals surface area contributed by atoms with E-state index >= 15 is 0 Å². The van der Waals surface area contributed by atoms with Gasteiger partial charge < -0.3 is 10.1 Å². The van der Waals surface area contributed by atoms with Crippen molar-refractivity contribution in [3.05, 3.63) is 29.8 Å². The third-order valence-electron chi connectivity index (χ3n) is 3.77. The van der Waals surface area contributed by atoms with Gasteiger partial charge in [0.1, 0.15) is 5.75 Å². The van der Waals surface area contributed by atoms with Crippen LogP contribution in [-0.4, -0.2) is 37.7 Å². The Balaban J connectivity index is 0.00000200. The Morgan fingerprint density at radius 3 is 2.70 bits per heavy atom. The van der Waals surface area contributed by atoms with Crippen molar-refractivity contribution in [3.8, 4) is 5.75 Å². The van der Waals surface area contributed by atoms with E-state index in [9.17, 15) is 0 Å². The first-order valence-corrected chi connectivity index (χ1v) is 7.43. The molecule has 1 heterocycles. The fraction of sp³-hybridized carbons (Fsp3) is 0.625. The number of nitrogens with one attached hydrogen (secondary N) is 1. The van der Waals surface area contributed by atoms with Crippen molar-refractivity contribution in [2.24, 2.45) is 0 Å². The molecule has 0 unspecified atom stereocenters. The molecule has 4 heteroatoms. The van der Waals surface area contributed by atoms with E-state index in [-0.39, 0.29) is 12.4 Å². The highest BCUT2D eigenvalue weighted by atomic mass is 35.5. The minimum atomic E-state index is 0. The Hall–Kier alpha value is -0.770. The van der Waals surface area contributed by atoms with Crippen molar-refractivity contribution >= 4 is 12.4 Å². The second kappa shape index (κ2) is 9.22. The van der Waals surface area contributed by atoms with Crippen LogP contribution in [0, 0.1) is 0 Å². The van der Waals surface area contributed by atoms with Crippen LogP contribution in [0.15, 0.2) is 24.3 Å². The molecule has 0 amide bonds. The molecule has 1 N–H and O–H groups in total. The van der Waals surface area contributed by atoms with Crippen molar-refractivity contribution in [2.75, 3.05) is 26.7 Å². The molecular weight excluding hydrogens is 272 g/mol. The molecule has 3 nitrogen and oxygen atoms in total. The Bertz CT molecular complexity index is 378. The van der Waals surface area contributed by atoms with E-state index in [1.807, 2.05) is 6.07 Å². The maximum absolute atomic E-state index is 5.69. The number of nitrogens with zero attached hydrogens (tertiary/aromatic N) is 1. The zero-order valence-corrected chi connectivity index (χ0v) is 13.4. The highest BCUT2D eigenvalue weighted by Gasteiger charge is 2.17. The van der Waals surface area contributed by atoms with Crippen LogP contribution >= 0.6 is 12.4 Å². The summed E-state index contributed by atoms with van der Waals surface area (Å²) in [6, 6.07) is 9.23. The Morgan fingerprint density at radius 1 is 1.30 bits per heavy atom. The molecule has 1 aliphatic heterocycles. The molecule has 1 saturated heterocycles. The molecular formula is C16H27ClN2O. The summed E-state index contributed by atoms with van der Waals surface area (Å²) in [6.45, 7) is 6.35. The zero-order chi connectivity index (χ0) is 13.5. The number of hydrogen-bond donors (Lipinski definition) is 1. The Kier molecular flexibility index (Phi) is 7.97. The van der Waals surface area contributed by atoms with Gasteiger partial charge in [-0.1, -0.05) is 19.1 Å². The number of ether oxygens (including phenoxy) is 1. The predicted octanol–water partition coefficient (Wildman–Crippen LogP) is 3.08. The maximum atomic E-state index is 5.69. The topological polar surface area (TPSA) is 24.5 Å². The number of rotatable bonds is 6. The summed E-state index contributed by atoms with van der Waals surface area (Å²) in [7, 11) is 2.06. The molecule has 0 aromatic heterocycles. The lowest BCUT2D eigenvalue weighted by Crippen LogP contribution is -2.40. The second-order valence-electron chi connectivity index (χ2n) is 5.33. The van der Waals surface area contributed by atoms with Crippen molar-refractivity contribution in [1.29, 1.82) is 0 Å². The minimum absolute atomic E-state index is 0. The molecule has 0 radical (unpaired) electrons. The van der Waals surface area contributed by atoms with E-state index in [4.69, 9.17) is 4.74 Å². The first kappa shape index (κ1) is 17.3. The second-order valence-corrected chi connectivity index (χ2v) is 5.33. The average molecular weight is 299 g/mol. The zero-order valence-electron chi connectivity index (χ0n) is 12.6. The normalized spacial score (nSPS) is 16.7. The van der Waals surface area contributed by atoms with Gasteiger partial charge in [0, 0.05) is 12.6 Å². The van der Waals surface area contributed by atoms with Crippen LogP contribution in [0.5, 0.6) is 5.75 Å². The fourth-order valence-corrected chi connectivity index (χ4v) is 2.59. The summed E-state index contributed by atoms with van der Waals surface area (Å²) in [4.78, 5) is 2.53. The van der Waals surface area contributed by atoms with Crippen molar-refractivity contribution in [3.63, 3.8) is 0 Å². The van der Waals surface area contributed by atoms with Crippen LogP contribution in [-0.2, 0) is 6.54 Å². The van der Waals surface area contributed by atoms with E-state index in [1.54, 1.807) is 0 Å². The lowest BCUT2D eigenvalue weighted by atomic mass is 10.0. The molecule has 0 aliphatic carbocycles. The summed E-state index contributed by atoms with van der Waals surface area (Å²) in [6.07, 6.45) is 3.56. The third-order valence-corrected chi connectivity index (χ3v) is 3.77. The first-order valence-electron chi connectivity index (χ1n) is 7.43. The number of likely N-dealkylation sites (tertiary alicyclic amines) is 1. The average Bonchev–Trinajstić information content (AvgIpc) is 2.46. The van der Waals surface area contributed by atoms with Gasteiger partial charge in [-0.25, -0.2) is 0 Å². The summed E-state index contributed by atoms with van der Waals surface area (Å²) >= 11 is 0. The van der Waals surface area contributed by atoms with Crippen LogP contribution in [0.3, 0.4) is 0 Å². The van der Waals surface area contributed by atoms with Crippen LogP contribution in [0.4, 0.5) is 0 Å². The van der Waals surface area contributed by atoms with Gasteiger partial charge in [0.15, 0.2) is 0 Å². The van der Waals surface area contributed by atoms with Crippen molar-refractivity contribution < 1.29 is 4.74 Å². The lowest BCUT2D eigenvalue weighted by molar-refractivity contribution is 0.194. The minimum Gasteiger partial charge on any atom is -0.494 e. The van der Waals surface area contributed by atoms with Gasteiger partial charge in [0.25, 0.3) is 0 Å². The van der Waals surface area contributed by atoms with Crippen LogP contribution < -0.4 is 10.1 Å². The van der Waals surface area contributed by atoms with E-state index in [2.05, 4.69) is 42.4 Å². The highest BCUT2D eigenvalue weighted by Crippen LogP contribution is 2.17. The fourth-order valence-electron chi connectivity index (χ4n) is 2.59. The molecule has 0 spiro atoms. The highest BCUT2D eigenvalue weighted by molar-refractivity contribution is 5.85. The van der Waals surface area contributed by atoms with Gasteiger partial charge in [-0.15, -0.1) is 12.4 Å². The van der Waals surface area contributed by atoms with Gasteiger partial charge in [-0.3, -0.25) is 4.90 Å². The van der Waals surface area contributed by atoms with Crippen molar-refractivity contribution in [2.45, 2.75) is 38.8 Å². The first-order chi connectivity index (χ1) is 9.31. The standard InChI is InChI=1S/C16H26N2O.ClH/c1-3-11-19-16-6-4-5-14(12-16)13-18-9-7-15(17-2)8-10-18;/h4-6,12,15,17H,3,7-11,13H2,1-2H3;1H. The molecule has 0 saturated carbocycles. The Morgan fingerprint density at radius 2 is 2.05 bits per heavy atom. The number of halogens is 1. The van der Waals surface area contributed by atoms with Gasteiger partial charge in [-0.05, 0) is 57.1 Å². The maximum Gasteiger partial charge on any atom is 0.119 e. The molecule has 1 aliphatic rings. The van der Waals surface area contributed by atoms with E-state index in [0.717, 1.165) is 25.3 Å². The summed E-state index contributed by atoms with van der Waals surface area (Å²) in [5.41, 5.74) is 1.36. The summed E-state index contributed by atoms with van der Waals surface area (Å²) in [5.74, 6) is 1.00. The van der Waals surface area contributed by atoms with Gasteiger partial charge >= 0.3 is 0 Å². The molecule has 2 rings (SSSR count). The molecule has 114 valence electrons. The van der Waals surface area contributed by atoms with Gasteiger partial charge in [0.05, 0.1) is 6.61 Å². The van der Waals surface area contributed by atoms with Crippen LogP contribution in [0.1, 0.15) is 31.7 Å². The molecule has 1 aromatic rings. The van der Waals surface area contributed by atoms with E-state index in [1.165, 1.54) is 31.5 Å².